The standard InChI is InChI=1S/C21H21Cl2NO4/c1-2-3-10-26-17-7-5-4-6-14(17)13-24-19-16(23)9-8-15(22)18(19)21(20(24)25)27-11-12-28-21/h4-9H,2-3,10-13H2,1H3. The van der Waals surface area contributed by atoms with Gasteiger partial charge in [-0.25, -0.2) is 0 Å². The number of halogens is 2. The average molecular weight is 422 g/mol. The molecule has 5 nitrogen and oxygen atoms in total. The fourth-order valence-electron chi connectivity index (χ4n) is 3.61. The van der Waals surface area contributed by atoms with Crippen molar-refractivity contribution in [3.63, 3.8) is 0 Å². The second-order valence-corrected chi connectivity index (χ2v) is 7.58. The van der Waals surface area contributed by atoms with Gasteiger partial charge in [0.2, 0.25) is 0 Å². The molecule has 0 atom stereocenters. The van der Waals surface area contributed by atoms with Gasteiger partial charge in [0, 0.05) is 5.56 Å². The number of benzene rings is 2. The van der Waals surface area contributed by atoms with Crippen LogP contribution in [0.2, 0.25) is 10.0 Å². The molecule has 0 saturated carbocycles. The van der Waals surface area contributed by atoms with Crippen molar-refractivity contribution in [1.82, 2.24) is 0 Å². The molecule has 0 radical (unpaired) electrons. The summed E-state index contributed by atoms with van der Waals surface area (Å²) in [5.74, 6) is -1.09. The predicted molar refractivity (Wildman–Crippen MR) is 108 cm³/mol. The van der Waals surface area contributed by atoms with Gasteiger partial charge in [0.25, 0.3) is 11.7 Å². The zero-order valence-electron chi connectivity index (χ0n) is 15.5. The number of fused-ring (bicyclic) bond motifs is 2. The monoisotopic (exact) mass is 421 g/mol. The van der Waals surface area contributed by atoms with Crippen LogP contribution in [0.5, 0.6) is 5.75 Å². The number of rotatable bonds is 6. The van der Waals surface area contributed by atoms with Crippen LogP contribution in [0.25, 0.3) is 0 Å². The molecule has 0 aliphatic carbocycles. The number of carbonyl (C=O) groups excluding carboxylic acids is 1. The van der Waals surface area contributed by atoms with Crippen molar-refractivity contribution in [3.8, 4) is 5.75 Å². The number of unbranched alkanes of at least 4 members (excludes halogenated alkanes) is 1. The Bertz CT molecular complexity index is 896. The Hall–Kier alpha value is -1.79. The lowest BCUT2D eigenvalue weighted by atomic mass is 10.1. The third-order valence-electron chi connectivity index (χ3n) is 4.95. The van der Waals surface area contributed by atoms with E-state index in [2.05, 4.69) is 6.92 Å². The van der Waals surface area contributed by atoms with Crippen LogP contribution < -0.4 is 9.64 Å². The summed E-state index contributed by atoms with van der Waals surface area (Å²) >= 11 is 12.9. The molecule has 2 aliphatic heterocycles. The van der Waals surface area contributed by atoms with E-state index in [1.165, 1.54) is 0 Å². The van der Waals surface area contributed by atoms with E-state index in [4.69, 9.17) is 37.4 Å². The third kappa shape index (κ3) is 3.16. The van der Waals surface area contributed by atoms with Crippen LogP contribution in [-0.4, -0.2) is 25.7 Å². The Morgan fingerprint density at radius 2 is 1.82 bits per heavy atom. The molecule has 2 aromatic rings. The summed E-state index contributed by atoms with van der Waals surface area (Å²) in [6.07, 6.45) is 2.01. The fraction of sp³-hybridized carbons (Fsp3) is 0.381. The molecule has 2 heterocycles. The predicted octanol–water partition coefficient (Wildman–Crippen LogP) is 4.92. The Morgan fingerprint density at radius 3 is 2.57 bits per heavy atom. The molecule has 1 amide bonds. The number of nitrogens with zero attached hydrogens (tertiary/aromatic N) is 1. The van der Waals surface area contributed by atoms with Crippen molar-refractivity contribution >= 4 is 34.8 Å². The SMILES string of the molecule is CCCCOc1ccccc1CN1C(=O)C2(OCCO2)c2c(Cl)ccc(Cl)c21. The number of carbonyl (C=O) groups is 1. The van der Waals surface area contributed by atoms with Crippen molar-refractivity contribution in [2.45, 2.75) is 32.1 Å². The van der Waals surface area contributed by atoms with Gasteiger partial charge in [0.15, 0.2) is 0 Å². The van der Waals surface area contributed by atoms with Gasteiger partial charge >= 0.3 is 0 Å². The van der Waals surface area contributed by atoms with Crippen molar-refractivity contribution in [2.75, 3.05) is 24.7 Å². The molecular formula is C21H21Cl2NO4. The molecule has 28 heavy (non-hydrogen) atoms. The number of hydrogen-bond donors (Lipinski definition) is 0. The van der Waals surface area contributed by atoms with Gasteiger partial charge in [0.05, 0.1) is 47.7 Å². The first-order valence-corrected chi connectivity index (χ1v) is 10.1. The number of hydrogen-bond acceptors (Lipinski definition) is 4. The van der Waals surface area contributed by atoms with Crippen molar-refractivity contribution in [1.29, 1.82) is 0 Å². The molecule has 0 aromatic heterocycles. The van der Waals surface area contributed by atoms with Crippen molar-refractivity contribution in [3.05, 3.63) is 57.6 Å². The Balaban J connectivity index is 1.73. The highest BCUT2D eigenvalue weighted by atomic mass is 35.5. The van der Waals surface area contributed by atoms with Crippen LogP contribution in [0.4, 0.5) is 5.69 Å². The molecule has 0 unspecified atom stereocenters. The minimum atomic E-state index is -1.52. The molecule has 2 aliphatic rings. The summed E-state index contributed by atoms with van der Waals surface area (Å²) < 4.78 is 17.5. The Kier molecular flexibility index (Phi) is 5.52. The third-order valence-corrected chi connectivity index (χ3v) is 5.57. The zero-order valence-corrected chi connectivity index (χ0v) is 17.1. The van der Waals surface area contributed by atoms with E-state index in [0.717, 1.165) is 24.2 Å². The van der Waals surface area contributed by atoms with Crippen LogP contribution in [0.1, 0.15) is 30.9 Å². The van der Waals surface area contributed by atoms with E-state index in [1.807, 2.05) is 24.3 Å². The van der Waals surface area contributed by atoms with Gasteiger partial charge in [-0.1, -0.05) is 54.7 Å². The van der Waals surface area contributed by atoms with Gasteiger partial charge in [-0.15, -0.1) is 0 Å². The summed E-state index contributed by atoms with van der Waals surface area (Å²) in [6.45, 7) is 3.66. The molecule has 0 N–H and O–H groups in total. The molecule has 0 bridgehead atoms. The molecule has 148 valence electrons. The normalized spacial score (nSPS) is 17.4. The number of amides is 1. The summed E-state index contributed by atoms with van der Waals surface area (Å²) in [5, 5.41) is 0.817. The number of ether oxygens (including phenoxy) is 3. The summed E-state index contributed by atoms with van der Waals surface area (Å²) in [7, 11) is 0. The molecule has 4 rings (SSSR count). The second-order valence-electron chi connectivity index (χ2n) is 6.77. The minimum absolute atomic E-state index is 0.280. The maximum Gasteiger partial charge on any atom is 0.292 e. The lowest BCUT2D eigenvalue weighted by molar-refractivity contribution is -0.180. The first-order valence-electron chi connectivity index (χ1n) is 9.37. The van der Waals surface area contributed by atoms with Gasteiger partial charge in [-0.2, -0.15) is 0 Å². The van der Waals surface area contributed by atoms with Crippen LogP contribution in [0.15, 0.2) is 36.4 Å². The summed E-state index contributed by atoms with van der Waals surface area (Å²) in [6, 6.07) is 11.0. The topological polar surface area (TPSA) is 48.0 Å². The van der Waals surface area contributed by atoms with E-state index in [-0.39, 0.29) is 12.5 Å². The lowest BCUT2D eigenvalue weighted by Gasteiger charge is -2.23. The van der Waals surface area contributed by atoms with E-state index < -0.39 is 5.79 Å². The molecule has 1 fully saturated rings. The lowest BCUT2D eigenvalue weighted by Crippen LogP contribution is -2.41. The van der Waals surface area contributed by atoms with Crippen LogP contribution in [0.3, 0.4) is 0 Å². The van der Waals surface area contributed by atoms with E-state index >= 15 is 0 Å². The van der Waals surface area contributed by atoms with Gasteiger partial charge in [-0.05, 0) is 24.6 Å². The summed E-state index contributed by atoms with van der Waals surface area (Å²) in [5.41, 5.74) is 1.89. The highest BCUT2D eigenvalue weighted by Crippen LogP contribution is 2.52. The Morgan fingerprint density at radius 1 is 1.11 bits per heavy atom. The van der Waals surface area contributed by atoms with Crippen molar-refractivity contribution < 1.29 is 19.0 Å². The molecule has 2 aromatic carbocycles. The largest absolute Gasteiger partial charge is 0.493 e. The van der Waals surface area contributed by atoms with Gasteiger partial charge in [-0.3, -0.25) is 4.79 Å². The smallest absolute Gasteiger partial charge is 0.292 e. The summed E-state index contributed by atoms with van der Waals surface area (Å²) in [4.78, 5) is 15.0. The molecular weight excluding hydrogens is 401 g/mol. The van der Waals surface area contributed by atoms with Crippen molar-refractivity contribution in [2.24, 2.45) is 0 Å². The fourth-order valence-corrected chi connectivity index (χ4v) is 4.14. The van der Waals surface area contributed by atoms with Crippen LogP contribution in [0, 0.1) is 0 Å². The van der Waals surface area contributed by atoms with Crippen LogP contribution in [-0.2, 0) is 26.6 Å². The van der Waals surface area contributed by atoms with E-state index in [0.29, 0.717) is 41.1 Å². The van der Waals surface area contributed by atoms with Crippen LogP contribution >= 0.6 is 23.2 Å². The van der Waals surface area contributed by atoms with E-state index in [1.54, 1.807) is 17.0 Å². The highest BCUT2D eigenvalue weighted by molar-refractivity contribution is 6.38. The maximum atomic E-state index is 13.4. The van der Waals surface area contributed by atoms with Gasteiger partial charge in [0.1, 0.15) is 5.75 Å². The number of anilines is 1. The van der Waals surface area contributed by atoms with Gasteiger partial charge < -0.3 is 19.1 Å². The first-order chi connectivity index (χ1) is 13.6. The molecule has 1 spiro atoms. The average Bonchev–Trinajstić information content (AvgIpc) is 3.27. The highest BCUT2D eigenvalue weighted by Gasteiger charge is 2.58. The molecule has 1 saturated heterocycles. The number of para-hydroxylation sites is 1. The minimum Gasteiger partial charge on any atom is -0.493 e. The molecule has 7 heteroatoms. The first kappa shape index (κ1) is 19.5. The van der Waals surface area contributed by atoms with E-state index in [9.17, 15) is 4.79 Å². The second kappa shape index (κ2) is 7.91. The quantitative estimate of drug-likeness (QED) is 0.621. The zero-order chi connectivity index (χ0) is 19.7. The Labute approximate surface area is 174 Å². The maximum absolute atomic E-state index is 13.4.